The molecule has 1 aliphatic heterocycles. The first kappa shape index (κ1) is 15.2. The van der Waals surface area contributed by atoms with E-state index >= 15 is 0 Å². The summed E-state index contributed by atoms with van der Waals surface area (Å²) in [5, 5.41) is 0. The molecule has 0 radical (unpaired) electrons. The van der Waals surface area contributed by atoms with Gasteiger partial charge in [0.25, 0.3) is 11.5 Å². The summed E-state index contributed by atoms with van der Waals surface area (Å²) >= 11 is 0. The van der Waals surface area contributed by atoms with Crippen molar-refractivity contribution >= 4 is 5.91 Å². The van der Waals surface area contributed by atoms with Gasteiger partial charge in [-0.2, -0.15) is 0 Å². The molecule has 6 heteroatoms. The summed E-state index contributed by atoms with van der Waals surface area (Å²) in [5.74, 6) is 0.913. The lowest BCUT2D eigenvalue weighted by molar-refractivity contribution is 0.0568. The zero-order valence-electron chi connectivity index (χ0n) is 13.3. The highest BCUT2D eigenvalue weighted by atomic mass is 16.2. The first-order valence-corrected chi connectivity index (χ1v) is 8.11. The number of hydrogen-bond donors (Lipinski definition) is 1. The van der Waals surface area contributed by atoms with E-state index in [0.29, 0.717) is 17.4 Å². The van der Waals surface area contributed by atoms with Gasteiger partial charge in [-0.05, 0) is 46.2 Å². The molecule has 0 spiro atoms. The molecule has 0 aromatic carbocycles. The first-order chi connectivity index (χ1) is 10.5. The van der Waals surface area contributed by atoms with Crippen LogP contribution in [0.1, 0.15) is 54.3 Å². The van der Waals surface area contributed by atoms with E-state index in [-0.39, 0.29) is 17.5 Å². The predicted molar refractivity (Wildman–Crippen MR) is 84.1 cm³/mol. The number of carbonyl (C=O) groups is 1. The van der Waals surface area contributed by atoms with Crippen LogP contribution in [-0.2, 0) is 0 Å². The minimum absolute atomic E-state index is 0.0976. The quantitative estimate of drug-likeness (QED) is 0.907. The fourth-order valence-electron chi connectivity index (χ4n) is 3.16. The number of aromatic amines is 1. The fourth-order valence-corrected chi connectivity index (χ4v) is 3.16. The van der Waals surface area contributed by atoms with Crippen LogP contribution in [0.3, 0.4) is 0 Å². The second-order valence-corrected chi connectivity index (χ2v) is 6.70. The molecule has 1 N–H and O–H groups in total. The van der Waals surface area contributed by atoms with Crippen molar-refractivity contribution in [1.29, 1.82) is 0 Å². The van der Waals surface area contributed by atoms with Gasteiger partial charge >= 0.3 is 0 Å². The molecule has 1 aromatic heterocycles. The topological polar surface area (TPSA) is 69.3 Å². The van der Waals surface area contributed by atoms with Crippen molar-refractivity contribution in [3.8, 4) is 0 Å². The van der Waals surface area contributed by atoms with E-state index in [1.807, 2.05) is 19.0 Å². The summed E-state index contributed by atoms with van der Waals surface area (Å²) in [7, 11) is 4.04. The second kappa shape index (κ2) is 6.20. The molecule has 2 fully saturated rings. The van der Waals surface area contributed by atoms with Crippen molar-refractivity contribution in [2.45, 2.75) is 44.1 Å². The van der Waals surface area contributed by atoms with Crippen LogP contribution >= 0.6 is 0 Å². The van der Waals surface area contributed by atoms with Crippen LogP contribution in [-0.4, -0.2) is 58.9 Å². The molecule has 120 valence electrons. The number of piperidine rings is 1. The molecule has 6 nitrogen and oxygen atoms in total. The van der Waals surface area contributed by atoms with Gasteiger partial charge in [-0.1, -0.05) is 0 Å². The third-order valence-electron chi connectivity index (χ3n) is 4.41. The maximum Gasteiger partial charge on any atom is 0.273 e. The van der Waals surface area contributed by atoms with Crippen molar-refractivity contribution in [2.75, 3.05) is 27.2 Å². The Morgan fingerprint density at radius 3 is 2.82 bits per heavy atom. The summed E-state index contributed by atoms with van der Waals surface area (Å²) in [5.41, 5.74) is 0.0812. The third-order valence-corrected chi connectivity index (χ3v) is 4.41. The monoisotopic (exact) mass is 304 g/mol. The van der Waals surface area contributed by atoms with Gasteiger partial charge in [0.15, 0.2) is 0 Å². The summed E-state index contributed by atoms with van der Waals surface area (Å²) in [6, 6.07) is 1.55. The molecule has 1 saturated heterocycles. The minimum atomic E-state index is -0.221. The number of rotatable bonds is 4. The Kier molecular flexibility index (Phi) is 4.29. The van der Waals surface area contributed by atoms with Gasteiger partial charge in [0.05, 0.1) is 0 Å². The molecule has 22 heavy (non-hydrogen) atoms. The molecule has 1 atom stereocenters. The lowest BCUT2D eigenvalue weighted by Gasteiger charge is -2.37. The average Bonchev–Trinajstić information content (AvgIpc) is 3.30. The van der Waals surface area contributed by atoms with E-state index in [0.717, 1.165) is 45.2 Å². The average molecular weight is 304 g/mol. The van der Waals surface area contributed by atoms with Crippen LogP contribution in [0.5, 0.6) is 0 Å². The summed E-state index contributed by atoms with van der Waals surface area (Å²) in [6.45, 7) is 1.61. The van der Waals surface area contributed by atoms with E-state index in [1.165, 1.54) is 6.07 Å². The van der Waals surface area contributed by atoms with Gasteiger partial charge in [-0.3, -0.25) is 9.59 Å². The smallest absolute Gasteiger partial charge is 0.273 e. The van der Waals surface area contributed by atoms with Gasteiger partial charge in [-0.15, -0.1) is 0 Å². The molecule has 1 amide bonds. The van der Waals surface area contributed by atoms with E-state index < -0.39 is 0 Å². The zero-order valence-corrected chi connectivity index (χ0v) is 13.3. The Morgan fingerprint density at radius 2 is 2.14 bits per heavy atom. The number of likely N-dealkylation sites (tertiary alicyclic amines) is 1. The Labute approximate surface area is 130 Å². The molecule has 0 bridgehead atoms. The summed E-state index contributed by atoms with van der Waals surface area (Å²) < 4.78 is 0. The van der Waals surface area contributed by atoms with Gasteiger partial charge in [0.1, 0.15) is 11.5 Å². The van der Waals surface area contributed by atoms with E-state index in [1.54, 1.807) is 0 Å². The first-order valence-electron chi connectivity index (χ1n) is 8.11. The van der Waals surface area contributed by atoms with Crippen molar-refractivity contribution in [1.82, 2.24) is 19.8 Å². The Morgan fingerprint density at radius 1 is 1.36 bits per heavy atom. The Bertz CT molecular complexity index is 606. The van der Waals surface area contributed by atoms with Crippen LogP contribution in [0, 0.1) is 0 Å². The zero-order chi connectivity index (χ0) is 15.7. The Hall–Kier alpha value is -1.69. The second-order valence-electron chi connectivity index (χ2n) is 6.70. The molecule has 1 saturated carbocycles. The van der Waals surface area contributed by atoms with Crippen LogP contribution < -0.4 is 5.56 Å². The molecular formula is C16H24N4O2. The van der Waals surface area contributed by atoms with Crippen molar-refractivity contribution < 1.29 is 4.79 Å². The number of nitrogens with one attached hydrogen (secondary N) is 1. The van der Waals surface area contributed by atoms with Gasteiger partial charge in [0.2, 0.25) is 0 Å². The molecular weight excluding hydrogens is 280 g/mol. The molecule has 1 unspecified atom stereocenters. The molecule has 1 aromatic rings. The van der Waals surface area contributed by atoms with E-state index in [4.69, 9.17) is 0 Å². The maximum absolute atomic E-state index is 12.8. The summed E-state index contributed by atoms with van der Waals surface area (Å²) in [6.07, 6.45) is 5.29. The van der Waals surface area contributed by atoms with Crippen LogP contribution in [0.4, 0.5) is 0 Å². The lowest BCUT2D eigenvalue weighted by atomic mass is 10.0. The number of aromatic nitrogens is 2. The minimum Gasteiger partial charge on any atom is -0.333 e. The van der Waals surface area contributed by atoms with Gasteiger partial charge < -0.3 is 14.8 Å². The number of carbonyl (C=O) groups excluding carboxylic acids is 1. The van der Waals surface area contributed by atoms with Gasteiger partial charge in [0, 0.05) is 31.1 Å². The van der Waals surface area contributed by atoms with Crippen molar-refractivity contribution in [3.05, 3.63) is 27.9 Å². The predicted octanol–water partition coefficient (Wildman–Crippen LogP) is 1.20. The van der Waals surface area contributed by atoms with E-state index in [9.17, 15) is 9.59 Å². The highest BCUT2D eigenvalue weighted by Gasteiger charge is 2.31. The third kappa shape index (κ3) is 3.38. The normalized spacial score (nSPS) is 22.1. The van der Waals surface area contributed by atoms with Gasteiger partial charge in [-0.25, -0.2) is 4.98 Å². The number of likely N-dealkylation sites (N-methyl/N-ethyl adjacent to an activating group) is 1. The van der Waals surface area contributed by atoms with E-state index in [2.05, 4.69) is 14.9 Å². The van der Waals surface area contributed by atoms with Crippen LogP contribution in [0.2, 0.25) is 0 Å². The summed E-state index contributed by atoms with van der Waals surface area (Å²) in [4.78, 5) is 35.8. The molecule has 2 heterocycles. The highest BCUT2D eigenvalue weighted by molar-refractivity contribution is 5.92. The SMILES string of the molecule is CN(C)CC1CCCCN1C(=O)c1cc(=O)[nH]c(C2CC2)n1. The molecule has 1 aliphatic carbocycles. The maximum atomic E-state index is 12.8. The highest BCUT2D eigenvalue weighted by Crippen LogP contribution is 2.37. The largest absolute Gasteiger partial charge is 0.333 e. The van der Waals surface area contributed by atoms with Crippen molar-refractivity contribution in [2.24, 2.45) is 0 Å². The standard InChI is InChI=1S/C16H24N4O2/c1-19(2)10-12-5-3-4-8-20(12)16(22)13-9-14(21)18-15(17-13)11-6-7-11/h9,11-12H,3-8,10H2,1-2H3,(H,17,18,21). The van der Waals surface area contributed by atoms with Crippen LogP contribution in [0.15, 0.2) is 10.9 Å². The van der Waals surface area contributed by atoms with Crippen LogP contribution in [0.25, 0.3) is 0 Å². The molecule has 2 aliphatic rings. The lowest BCUT2D eigenvalue weighted by Crippen LogP contribution is -2.48. The molecule has 3 rings (SSSR count). The number of nitrogens with zero attached hydrogens (tertiary/aromatic N) is 3. The number of amides is 1. The Balaban J connectivity index is 1.83. The number of hydrogen-bond acceptors (Lipinski definition) is 4. The number of H-pyrrole nitrogens is 1. The van der Waals surface area contributed by atoms with Crippen molar-refractivity contribution in [3.63, 3.8) is 0 Å². The fraction of sp³-hybridized carbons (Fsp3) is 0.688.